The smallest absolute Gasteiger partial charge is 0.340 e. The van der Waals surface area contributed by atoms with Gasteiger partial charge in [-0.1, -0.05) is 12.1 Å². The quantitative estimate of drug-likeness (QED) is 0.665. The van der Waals surface area contributed by atoms with E-state index in [4.69, 9.17) is 0 Å². The molecule has 0 spiro atoms. The molecule has 1 aliphatic rings. The van der Waals surface area contributed by atoms with Crippen molar-refractivity contribution in [1.29, 1.82) is 0 Å². The Morgan fingerprint density at radius 3 is 2.76 bits per heavy atom. The Bertz CT molecular complexity index is 949. The lowest BCUT2D eigenvalue weighted by Crippen LogP contribution is -2.38. The van der Waals surface area contributed by atoms with Crippen LogP contribution in [-0.4, -0.2) is 32.3 Å². The molecule has 1 aromatic carbocycles. The van der Waals surface area contributed by atoms with Gasteiger partial charge in [-0.15, -0.1) is 0 Å². The van der Waals surface area contributed by atoms with E-state index in [1.54, 1.807) is 6.92 Å². The highest BCUT2D eigenvalue weighted by Crippen LogP contribution is 2.44. The average molecular weight is 351 g/mol. The van der Waals surface area contributed by atoms with Gasteiger partial charge in [0.05, 0.1) is 0 Å². The van der Waals surface area contributed by atoms with E-state index in [-0.39, 0.29) is 17.9 Å². The Kier molecular flexibility index (Phi) is 3.41. The van der Waals surface area contributed by atoms with Crippen LogP contribution in [0, 0.1) is 12.7 Å². The third kappa shape index (κ3) is 2.50. The summed E-state index contributed by atoms with van der Waals surface area (Å²) in [7, 11) is 0. The minimum Gasteiger partial charge on any atom is -0.340 e. The van der Waals surface area contributed by atoms with Crippen LogP contribution in [0.4, 0.5) is 23.4 Å². The number of rotatable bonds is 2. The number of alkyl halides is 3. The molecule has 130 valence electrons. The van der Waals surface area contributed by atoms with Gasteiger partial charge in [-0.2, -0.15) is 27.8 Å². The highest BCUT2D eigenvalue weighted by molar-refractivity contribution is 5.60. The lowest BCUT2D eigenvalue weighted by atomic mass is 10.0. The van der Waals surface area contributed by atoms with E-state index in [9.17, 15) is 17.6 Å². The summed E-state index contributed by atoms with van der Waals surface area (Å²) in [5.41, 5.74) is 1.17. The molecular weight excluding hydrogens is 338 g/mol. The van der Waals surface area contributed by atoms with Gasteiger partial charge in [0.15, 0.2) is 6.04 Å². The molecular formula is C16H13F4N5. The number of benzene rings is 1. The minimum atomic E-state index is -4.58. The predicted molar refractivity (Wildman–Crippen MR) is 81.8 cm³/mol. The summed E-state index contributed by atoms with van der Waals surface area (Å²) in [6.07, 6.45) is -2.92. The van der Waals surface area contributed by atoms with Crippen molar-refractivity contribution in [2.24, 2.45) is 0 Å². The van der Waals surface area contributed by atoms with Crippen molar-refractivity contribution in [1.82, 2.24) is 19.6 Å². The summed E-state index contributed by atoms with van der Waals surface area (Å²) in [6, 6.07) is 2.63. The highest BCUT2D eigenvalue weighted by Gasteiger charge is 2.47. The van der Waals surface area contributed by atoms with Gasteiger partial charge in [0.25, 0.3) is 5.78 Å². The second-order valence-electron chi connectivity index (χ2n) is 5.91. The molecule has 0 N–H and O–H groups in total. The molecule has 4 rings (SSSR count). The fourth-order valence-electron chi connectivity index (χ4n) is 3.37. The second-order valence-corrected chi connectivity index (χ2v) is 5.91. The number of hydrogen-bond donors (Lipinski definition) is 0. The fourth-order valence-corrected chi connectivity index (χ4v) is 3.37. The molecule has 25 heavy (non-hydrogen) atoms. The first-order valence-electron chi connectivity index (χ1n) is 7.64. The van der Waals surface area contributed by atoms with E-state index >= 15 is 0 Å². The molecule has 0 aliphatic carbocycles. The molecule has 3 heterocycles. The lowest BCUT2D eigenvalue weighted by Gasteiger charge is -2.32. The van der Waals surface area contributed by atoms with Gasteiger partial charge in [0, 0.05) is 17.8 Å². The summed E-state index contributed by atoms with van der Waals surface area (Å²) in [5, 5.41) is 4.02. The number of hydrogen-bond acceptors (Lipinski definition) is 4. The van der Waals surface area contributed by atoms with Crippen LogP contribution in [0.2, 0.25) is 0 Å². The second kappa shape index (κ2) is 5.40. The zero-order valence-electron chi connectivity index (χ0n) is 13.1. The van der Waals surface area contributed by atoms with Crippen molar-refractivity contribution in [3.63, 3.8) is 0 Å². The minimum absolute atomic E-state index is 0.136. The third-order valence-corrected chi connectivity index (χ3v) is 4.37. The molecule has 2 aromatic heterocycles. The maximum absolute atomic E-state index is 13.9. The predicted octanol–water partition coefficient (Wildman–Crippen LogP) is 3.24. The first kappa shape index (κ1) is 15.8. The Hall–Kier alpha value is -2.71. The zero-order valence-corrected chi connectivity index (χ0v) is 13.1. The molecule has 9 heteroatoms. The van der Waals surface area contributed by atoms with Crippen LogP contribution in [0.5, 0.6) is 0 Å². The Balaban J connectivity index is 1.92. The number of anilines is 1. The summed E-state index contributed by atoms with van der Waals surface area (Å²) < 4.78 is 56.5. The normalized spacial score (nSPS) is 15.6. The zero-order chi connectivity index (χ0) is 17.8. The molecule has 0 fully saturated rings. The summed E-state index contributed by atoms with van der Waals surface area (Å²) in [4.78, 5) is 9.45. The maximum Gasteiger partial charge on any atom is 0.413 e. The molecule has 1 atom stereocenters. The molecule has 0 saturated heterocycles. The van der Waals surface area contributed by atoms with Crippen LogP contribution >= 0.6 is 0 Å². The van der Waals surface area contributed by atoms with E-state index < -0.39 is 18.0 Å². The first-order valence-corrected chi connectivity index (χ1v) is 7.64. The van der Waals surface area contributed by atoms with Crippen molar-refractivity contribution in [2.45, 2.75) is 25.6 Å². The van der Waals surface area contributed by atoms with Gasteiger partial charge in [-0.05, 0) is 31.0 Å². The molecule has 5 nitrogen and oxygen atoms in total. The van der Waals surface area contributed by atoms with Crippen LogP contribution in [-0.2, 0) is 6.42 Å². The molecule has 0 saturated carbocycles. The van der Waals surface area contributed by atoms with E-state index in [2.05, 4.69) is 15.1 Å². The van der Waals surface area contributed by atoms with Crippen molar-refractivity contribution in [3.05, 3.63) is 53.2 Å². The Morgan fingerprint density at radius 1 is 1.24 bits per heavy atom. The van der Waals surface area contributed by atoms with Crippen LogP contribution in [0.15, 0.2) is 30.6 Å². The van der Waals surface area contributed by atoms with Crippen LogP contribution in [0.25, 0.3) is 5.78 Å². The van der Waals surface area contributed by atoms with Gasteiger partial charge in [0.2, 0.25) is 0 Å². The SMILES string of the molecule is Cc1nc2ncnn2c2c1CCN2[C@H](c1cccc(F)c1)C(F)(F)F. The van der Waals surface area contributed by atoms with Crippen molar-refractivity contribution in [2.75, 3.05) is 11.4 Å². The summed E-state index contributed by atoms with van der Waals surface area (Å²) >= 11 is 0. The highest BCUT2D eigenvalue weighted by atomic mass is 19.4. The standard InChI is InChI=1S/C16H13F4N5/c1-9-12-5-6-24(14(12)25-15(23-9)21-8-22-25)13(16(18,19)20)10-3-2-4-11(17)7-10/h2-4,7-8,13H,5-6H2,1H3/t13-/m1/s1. The summed E-state index contributed by atoms with van der Waals surface area (Å²) in [6.45, 7) is 1.87. The van der Waals surface area contributed by atoms with E-state index in [1.165, 1.54) is 27.9 Å². The third-order valence-electron chi connectivity index (χ3n) is 4.37. The number of halogens is 4. The largest absolute Gasteiger partial charge is 0.413 e. The Labute approximate surface area is 139 Å². The van der Waals surface area contributed by atoms with Crippen molar-refractivity contribution >= 4 is 11.6 Å². The average Bonchev–Trinajstić information content (AvgIpc) is 3.13. The fraction of sp³-hybridized carbons (Fsp3) is 0.312. The van der Waals surface area contributed by atoms with E-state index in [1.807, 2.05) is 0 Å². The Morgan fingerprint density at radius 2 is 2.04 bits per heavy atom. The topological polar surface area (TPSA) is 46.3 Å². The van der Waals surface area contributed by atoms with Gasteiger partial charge in [-0.3, -0.25) is 0 Å². The van der Waals surface area contributed by atoms with Gasteiger partial charge in [-0.25, -0.2) is 9.37 Å². The van der Waals surface area contributed by atoms with Crippen molar-refractivity contribution in [3.8, 4) is 0 Å². The van der Waals surface area contributed by atoms with Gasteiger partial charge < -0.3 is 4.90 Å². The van der Waals surface area contributed by atoms with Crippen LogP contribution in [0.1, 0.15) is 22.9 Å². The molecule has 1 aliphatic heterocycles. The molecule has 0 bridgehead atoms. The monoisotopic (exact) mass is 351 g/mol. The lowest BCUT2D eigenvalue weighted by molar-refractivity contribution is -0.150. The number of aromatic nitrogens is 4. The molecule has 0 unspecified atom stereocenters. The van der Waals surface area contributed by atoms with Crippen LogP contribution in [0.3, 0.4) is 0 Å². The number of aryl methyl sites for hydroxylation is 1. The van der Waals surface area contributed by atoms with Crippen LogP contribution < -0.4 is 4.90 Å². The van der Waals surface area contributed by atoms with Crippen molar-refractivity contribution < 1.29 is 17.6 Å². The van der Waals surface area contributed by atoms with Gasteiger partial charge in [0.1, 0.15) is 18.0 Å². The molecule has 3 aromatic rings. The number of fused-ring (bicyclic) bond motifs is 3. The first-order chi connectivity index (χ1) is 11.9. The maximum atomic E-state index is 13.9. The molecule has 0 radical (unpaired) electrons. The van der Waals surface area contributed by atoms with E-state index in [0.29, 0.717) is 23.5 Å². The van der Waals surface area contributed by atoms with Gasteiger partial charge >= 0.3 is 6.18 Å². The molecule has 0 amide bonds. The number of nitrogens with zero attached hydrogens (tertiary/aromatic N) is 5. The van der Waals surface area contributed by atoms with E-state index in [0.717, 1.165) is 12.1 Å². The summed E-state index contributed by atoms with van der Waals surface area (Å²) in [5.74, 6) is -0.155.